The van der Waals surface area contributed by atoms with E-state index in [0.717, 1.165) is 5.71 Å². The summed E-state index contributed by atoms with van der Waals surface area (Å²) in [5.41, 5.74) is 0.812. The molecule has 0 aliphatic heterocycles. The van der Waals surface area contributed by atoms with Gasteiger partial charge < -0.3 is 4.84 Å². The van der Waals surface area contributed by atoms with Crippen LogP contribution < -0.4 is 0 Å². The normalized spacial score (nSPS) is 8.33. The maximum absolute atomic E-state index is 4.70. The Labute approximate surface area is 77.3 Å². The molecular formula is C10H23NO. The van der Waals surface area contributed by atoms with E-state index >= 15 is 0 Å². The number of hydrogen-bond donors (Lipinski definition) is 0. The zero-order valence-electron chi connectivity index (χ0n) is 9.35. The van der Waals surface area contributed by atoms with Crippen LogP contribution in [-0.2, 0) is 4.84 Å². The number of rotatable bonds is 3. The van der Waals surface area contributed by atoms with Crippen LogP contribution in [0.4, 0.5) is 0 Å². The molecule has 0 aliphatic rings. The highest BCUT2D eigenvalue weighted by Crippen LogP contribution is 1.79. The van der Waals surface area contributed by atoms with E-state index in [1.165, 1.54) is 0 Å². The van der Waals surface area contributed by atoms with E-state index in [1.54, 1.807) is 6.08 Å². The standard InChI is InChI=1S/C6H11NO.2C2H6/c1-4-6(3)7-8-5-2;2*1-2/h4H,1,5H2,2-3H3;2*1-2H3/b7-6-;;. The molecule has 2 heteroatoms. The summed E-state index contributed by atoms with van der Waals surface area (Å²) in [6.07, 6.45) is 1.65. The van der Waals surface area contributed by atoms with Gasteiger partial charge in [0.25, 0.3) is 0 Å². The molecule has 0 bridgehead atoms. The Morgan fingerprint density at radius 1 is 1.33 bits per heavy atom. The van der Waals surface area contributed by atoms with E-state index in [2.05, 4.69) is 11.7 Å². The molecule has 0 saturated heterocycles. The molecule has 0 radical (unpaired) electrons. The van der Waals surface area contributed by atoms with Crippen molar-refractivity contribution in [1.82, 2.24) is 0 Å². The Kier molecular flexibility index (Phi) is 32.4. The minimum atomic E-state index is 0.616. The minimum Gasteiger partial charge on any atom is -0.396 e. The van der Waals surface area contributed by atoms with E-state index in [-0.39, 0.29) is 0 Å². The summed E-state index contributed by atoms with van der Waals surface area (Å²) < 4.78 is 0. The highest BCUT2D eigenvalue weighted by molar-refractivity contribution is 5.91. The molecule has 0 saturated carbocycles. The second-order valence-corrected chi connectivity index (χ2v) is 1.35. The molecule has 0 aromatic carbocycles. The molecule has 0 fully saturated rings. The minimum absolute atomic E-state index is 0.616. The predicted octanol–water partition coefficient (Wildman–Crippen LogP) is 3.64. The third kappa shape index (κ3) is 22.9. The molecule has 74 valence electrons. The van der Waals surface area contributed by atoms with Crippen LogP contribution in [0.1, 0.15) is 41.5 Å². The van der Waals surface area contributed by atoms with E-state index < -0.39 is 0 Å². The summed E-state index contributed by atoms with van der Waals surface area (Å²) in [6.45, 7) is 15.8. The van der Waals surface area contributed by atoms with Crippen molar-refractivity contribution in [2.24, 2.45) is 5.16 Å². The Hall–Kier alpha value is -0.790. The number of hydrogen-bond acceptors (Lipinski definition) is 2. The second kappa shape index (κ2) is 22.5. The third-order valence-corrected chi connectivity index (χ3v) is 0.633. The molecule has 0 heterocycles. The van der Waals surface area contributed by atoms with Gasteiger partial charge in [-0.25, -0.2) is 0 Å². The van der Waals surface area contributed by atoms with Crippen molar-refractivity contribution in [2.45, 2.75) is 41.5 Å². The lowest BCUT2D eigenvalue weighted by molar-refractivity contribution is 0.159. The topological polar surface area (TPSA) is 21.6 Å². The Morgan fingerprint density at radius 2 is 1.75 bits per heavy atom. The van der Waals surface area contributed by atoms with Gasteiger partial charge in [-0.15, -0.1) is 0 Å². The summed E-state index contributed by atoms with van der Waals surface area (Å²) in [4.78, 5) is 4.70. The molecule has 0 amide bonds. The van der Waals surface area contributed by atoms with E-state index in [9.17, 15) is 0 Å². The molecule has 0 aromatic heterocycles. The average molecular weight is 173 g/mol. The molecule has 12 heavy (non-hydrogen) atoms. The molecule has 0 N–H and O–H groups in total. The van der Waals surface area contributed by atoms with Crippen molar-refractivity contribution in [3.63, 3.8) is 0 Å². The number of allylic oxidation sites excluding steroid dienone is 1. The van der Waals surface area contributed by atoms with Crippen LogP contribution in [0.5, 0.6) is 0 Å². The summed E-state index contributed by atoms with van der Waals surface area (Å²) >= 11 is 0. The molecule has 0 atom stereocenters. The highest BCUT2D eigenvalue weighted by Gasteiger charge is 1.77. The first-order valence-corrected chi connectivity index (χ1v) is 4.60. The lowest BCUT2D eigenvalue weighted by Gasteiger charge is -1.90. The first kappa shape index (κ1) is 17.3. The van der Waals surface area contributed by atoms with Crippen LogP contribution in [0.15, 0.2) is 17.8 Å². The lowest BCUT2D eigenvalue weighted by Crippen LogP contribution is -1.86. The molecule has 0 spiro atoms. The first-order valence-electron chi connectivity index (χ1n) is 4.60. The second-order valence-electron chi connectivity index (χ2n) is 1.35. The van der Waals surface area contributed by atoms with Gasteiger partial charge in [-0.2, -0.15) is 0 Å². The SMILES string of the molecule is C=C/C(C)=N\OCC.CC.CC. The van der Waals surface area contributed by atoms with Crippen molar-refractivity contribution in [2.75, 3.05) is 6.61 Å². The molecule has 0 aliphatic carbocycles. The fourth-order valence-electron chi connectivity index (χ4n) is 0.204. The van der Waals surface area contributed by atoms with Gasteiger partial charge in [0.15, 0.2) is 0 Å². The Bertz CT molecular complexity index is 98.0. The van der Waals surface area contributed by atoms with Gasteiger partial charge in [0, 0.05) is 0 Å². The molecule has 0 rings (SSSR count). The summed E-state index contributed by atoms with van der Waals surface area (Å²) in [5.74, 6) is 0. The van der Waals surface area contributed by atoms with Gasteiger partial charge in [-0.3, -0.25) is 0 Å². The van der Waals surface area contributed by atoms with Crippen LogP contribution in [0.2, 0.25) is 0 Å². The maximum Gasteiger partial charge on any atom is 0.114 e. The van der Waals surface area contributed by atoms with Gasteiger partial charge in [-0.05, 0) is 19.9 Å². The van der Waals surface area contributed by atoms with Crippen molar-refractivity contribution in [1.29, 1.82) is 0 Å². The van der Waals surface area contributed by atoms with E-state index in [0.29, 0.717) is 6.61 Å². The van der Waals surface area contributed by atoms with Crippen molar-refractivity contribution >= 4 is 5.71 Å². The quantitative estimate of drug-likeness (QED) is 0.471. The van der Waals surface area contributed by atoms with Crippen molar-refractivity contribution in [3.05, 3.63) is 12.7 Å². The number of nitrogens with zero attached hydrogens (tertiary/aromatic N) is 1. The predicted molar refractivity (Wildman–Crippen MR) is 57.6 cm³/mol. The van der Waals surface area contributed by atoms with Gasteiger partial charge >= 0.3 is 0 Å². The molecule has 0 aromatic rings. The zero-order valence-corrected chi connectivity index (χ0v) is 9.35. The Balaban J connectivity index is -0.000000175. The zero-order chi connectivity index (χ0) is 10.4. The van der Waals surface area contributed by atoms with E-state index in [4.69, 9.17) is 4.84 Å². The number of oxime groups is 1. The lowest BCUT2D eigenvalue weighted by atomic mass is 10.4. The molecular weight excluding hydrogens is 150 g/mol. The van der Waals surface area contributed by atoms with Gasteiger partial charge in [-0.1, -0.05) is 39.4 Å². The van der Waals surface area contributed by atoms with E-state index in [1.807, 2.05) is 41.5 Å². The fourth-order valence-corrected chi connectivity index (χ4v) is 0.204. The van der Waals surface area contributed by atoms with Crippen LogP contribution >= 0.6 is 0 Å². The highest BCUT2D eigenvalue weighted by atomic mass is 16.6. The smallest absolute Gasteiger partial charge is 0.114 e. The van der Waals surface area contributed by atoms with Gasteiger partial charge in [0.1, 0.15) is 6.61 Å². The fraction of sp³-hybridized carbons (Fsp3) is 0.700. The van der Waals surface area contributed by atoms with Crippen LogP contribution in [0.3, 0.4) is 0 Å². The van der Waals surface area contributed by atoms with Crippen LogP contribution in [0.25, 0.3) is 0 Å². The van der Waals surface area contributed by atoms with Crippen LogP contribution in [0, 0.1) is 0 Å². The average Bonchev–Trinajstić information content (AvgIpc) is 2.20. The third-order valence-electron chi connectivity index (χ3n) is 0.633. The maximum atomic E-state index is 4.70. The van der Waals surface area contributed by atoms with Crippen molar-refractivity contribution < 1.29 is 4.84 Å². The summed E-state index contributed by atoms with van der Waals surface area (Å²) in [5, 5.41) is 3.66. The van der Waals surface area contributed by atoms with Gasteiger partial charge in [0.05, 0.1) is 5.71 Å². The largest absolute Gasteiger partial charge is 0.396 e. The summed E-state index contributed by atoms with van der Waals surface area (Å²) in [7, 11) is 0. The van der Waals surface area contributed by atoms with Gasteiger partial charge in [0.2, 0.25) is 0 Å². The Morgan fingerprint density at radius 3 is 2.00 bits per heavy atom. The molecule has 2 nitrogen and oxygen atoms in total. The summed E-state index contributed by atoms with van der Waals surface area (Å²) in [6, 6.07) is 0. The monoisotopic (exact) mass is 173 g/mol. The van der Waals surface area contributed by atoms with Crippen molar-refractivity contribution in [3.8, 4) is 0 Å². The van der Waals surface area contributed by atoms with Crippen LogP contribution in [-0.4, -0.2) is 12.3 Å². The first-order chi connectivity index (χ1) is 5.81. The molecule has 0 unspecified atom stereocenters.